The van der Waals surface area contributed by atoms with Gasteiger partial charge in [-0.25, -0.2) is 4.39 Å². The Labute approximate surface area is 148 Å². The van der Waals surface area contributed by atoms with Gasteiger partial charge in [-0.2, -0.15) is 4.80 Å². The third-order valence-corrected chi connectivity index (χ3v) is 3.52. The fraction of sp³-hybridized carbons (Fsp3) is 0.176. The summed E-state index contributed by atoms with van der Waals surface area (Å²) < 4.78 is 23.3. The van der Waals surface area contributed by atoms with Crippen molar-refractivity contribution in [1.82, 2.24) is 20.2 Å². The van der Waals surface area contributed by atoms with Gasteiger partial charge in [0.05, 0.1) is 19.9 Å². The fourth-order valence-electron chi connectivity index (χ4n) is 2.24. The molecule has 134 valence electrons. The number of carbonyl (C=O) groups excluding carboxylic acids is 1. The Morgan fingerprint density at radius 1 is 1.15 bits per heavy atom. The fourth-order valence-corrected chi connectivity index (χ4v) is 2.24. The predicted molar refractivity (Wildman–Crippen MR) is 91.4 cm³/mol. The maximum atomic E-state index is 13.0. The summed E-state index contributed by atoms with van der Waals surface area (Å²) in [6.07, 6.45) is 0. The SMILES string of the molecule is COc1ccc(NC(=O)Cn2nnc(-c3ccc(F)cc3)n2)c(OC)c1. The van der Waals surface area contributed by atoms with Gasteiger partial charge in [0.1, 0.15) is 23.9 Å². The largest absolute Gasteiger partial charge is 0.497 e. The molecule has 0 saturated carbocycles. The number of benzene rings is 2. The molecule has 0 aliphatic heterocycles. The van der Waals surface area contributed by atoms with Crippen LogP contribution in [-0.2, 0) is 11.3 Å². The van der Waals surface area contributed by atoms with Crippen molar-refractivity contribution in [3.8, 4) is 22.9 Å². The number of carbonyl (C=O) groups is 1. The number of rotatable bonds is 6. The number of hydrogen-bond acceptors (Lipinski definition) is 6. The van der Waals surface area contributed by atoms with Gasteiger partial charge in [-0.05, 0) is 41.6 Å². The van der Waals surface area contributed by atoms with Crippen molar-refractivity contribution in [2.24, 2.45) is 0 Å². The van der Waals surface area contributed by atoms with Crippen molar-refractivity contribution < 1.29 is 18.7 Å². The maximum absolute atomic E-state index is 13.0. The van der Waals surface area contributed by atoms with Crippen LogP contribution in [-0.4, -0.2) is 40.3 Å². The molecule has 1 heterocycles. The Balaban J connectivity index is 1.68. The molecule has 0 aliphatic rings. The monoisotopic (exact) mass is 357 g/mol. The summed E-state index contributed by atoms with van der Waals surface area (Å²) in [6.45, 7) is -0.136. The summed E-state index contributed by atoms with van der Waals surface area (Å²) in [4.78, 5) is 13.4. The summed E-state index contributed by atoms with van der Waals surface area (Å²) in [5.41, 5.74) is 1.10. The van der Waals surface area contributed by atoms with Crippen molar-refractivity contribution >= 4 is 11.6 Å². The lowest BCUT2D eigenvalue weighted by Gasteiger charge is -2.11. The lowest BCUT2D eigenvalue weighted by molar-refractivity contribution is -0.117. The summed E-state index contributed by atoms with van der Waals surface area (Å²) in [5.74, 6) is 0.684. The average molecular weight is 357 g/mol. The zero-order chi connectivity index (χ0) is 18.5. The topological polar surface area (TPSA) is 91.2 Å². The molecule has 0 fully saturated rings. The molecule has 1 amide bonds. The third kappa shape index (κ3) is 3.94. The number of nitrogens with one attached hydrogen (secondary N) is 1. The highest BCUT2D eigenvalue weighted by atomic mass is 19.1. The Kier molecular flexibility index (Phi) is 5.07. The van der Waals surface area contributed by atoms with Gasteiger partial charge in [0.25, 0.3) is 0 Å². The number of methoxy groups -OCH3 is 2. The van der Waals surface area contributed by atoms with Gasteiger partial charge in [-0.3, -0.25) is 4.79 Å². The van der Waals surface area contributed by atoms with Crippen LogP contribution >= 0.6 is 0 Å². The Hall–Kier alpha value is -3.49. The number of anilines is 1. The highest BCUT2D eigenvalue weighted by Gasteiger charge is 2.12. The van der Waals surface area contributed by atoms with E-state index >= 15 is 0 Å². The molecule has 0 radical (unpaired) electrons. The second-order valence-electron chi connectivity index (χ2n) is 5.26. The lowest BCUT2D eigenvalue weighted by atomic mass is 10.2. The molecule has 3 aromatic rings. The van der Waals surface area contributed by atoms with Crippen LogP contribution in [0.15, 0.2) is 42.5 Å². The van der Waals surface area contributed by atoms with Crippen LogP contribution in [0.4, 0.5) is 10.1 Å². The molecular weight excluding hydrogens is 341 g/mol. The second kappa shape index (κ2) is 7.60. The number of tetrazole rings is 1. The molecule has 0 saturated heterocycles. The molecule has 0 bridgehead atoms. The van der Waals surface area contributed by atoms with E-state index in [1.54, 1.807) is 37.4 Å². The standard InChI is InChI=1S/C17H16FN5O3/c1-25-13-7-8-14(15(9-13)26-2)19-16(24)10-23-21-17(20-22-23)11-3-5-12(18)6-4-11/h3-9H,10H2,1-2H3,(H,19,24). The predicted octanol–water partition coefficient (Wildman–Crippen LogP) is 2.14. The summed E-state index contributed by atoms with van der Waals surface area (Å²) >= 11 is 0. The first-order valence-corrected chi connectivity index (χ1v) is 7.64. The lowest BCUT2D eigenvalue weighted by Crippen LogP contribution is -2.20. The molecule has 3 rings (SSSR count). The van der Waals surface area contributed by atoms with Gasteiger partial charge in [-0.15, -0.1) is 10.2 Å². The van der Waals surface area contributed by atoms with E-state index in [2.05, 4.69) is 20.7 Å². The quantitative estimate of drug-likeness (QED) is 0.727. The number of nitrogens with zero attached hydrogens (tertiary/aromatic N) is 4. The molecule has 2 aromatic carbocycles. The molecular formula is C17H16FN5O3. The van der Waals surface area contributed by atoms with Crippen molar-refractivity contribution in [2.45, 2.75) is 6.54 Å². The van der Waals surface area contributed by atoms with Crippen LogP contribution in [0.25, 0.3) is 11.4 Å². The van der Waals surface area contributed by atoms with Crippen molar-refractivity contribution in [3.05, 3.63) is 48.3 Å². The van der Waals surface area contributed by atoms with Crippen molar-refractivity contribution in [3.63, 3.8) is 0 Å². The van der Waals surface area contributed by atoms with Crippen LogP contribution < -0.4 is 14.8 Å². The van der Waals surface area contributed by atoms with E-state index in [-0.39, 0.29) is 18.3 Å². The summed E-state index contributed by atoms with van der Waals surface area (Å²) in [6, 6.07) is 10.7. The van der Waals surface area contributed by atoms with E-state index in [9.17, 15) is 9.18 Å². The summed E-state index contributed by atoms with van der Waals surface area (Å²) in [7, 11) is 3.04. The molecule has 0 spiro atoms. The molecule has 0 aliphatic carbocycles. The summed E-state index contributed by atoms with van der Waals surface area (Å²) in [5, 5.41) is 14.5. The molecule has 0 atom stereocenters. The molecule has 9 heteroatoms. The molecule has 26 heavy (non-hydrogen) atoms. The first-order chi connectivity index (χ1) is 12.6. The molecule has 0 unspecified atom stereocenters. The maximum Gasteiger partial charge on any atom is 0.248 e. The van der Waals surface area contributed by atoms with E-state index < -0.39 is 0 Å². The van der Waals surface area contributed by atoms with Gasteiger partial charge in [-0.1, -0.05) is 0 Å². The zero-order valence-electron chi connectivity index (χ0n) is 14.1. The first-order valence-electron chi connectivity index (χ1n) is 7.64. The molecule has 8 nitrogen and oxygen atoms in total. The average Bonchev–Trinajstić information content (AvgIpc) is 3.11. The Morgan fingerprint density at radius 3 is 2.62 bits per heavy atom. The first kappa shape index (κ1) is 17.3. The second-order valence-corrected chi connectivity index (χ2v) is 5.26. The smallest absolute Gasteiger partial charge is 0.248 e. The van der Waals surface area contributed by atoms with E-state index in [1.165, 1.54) is 19.2 Å². The van der Waals surface area contributed by atoms with Crippen LogP contribution in [0.5, 0.6) is 11.5 Å². The van der Waals surface area contributed by atoms with Crippen molar-refractivity contribution in [2.75, 3.05) is 19.5 Å². The van der Waals surface area contributed by atoms with E-state index in [0.29, 0.717) is 28.6 Å². The van der Waals surface area contributed by atoms with Crippen LogP contribution in [0.3, 0.4) is 0 Å². The minimum Gasteiger partial charge on any atom is -0.497 e. The van der Waals surface area contributed by atoms with Crippen molar-refractivity contribution in [1.29, 1.82) is 0 Å². The zero-order valence-corrected chi connectivity index (χ0v) is 14.1. The number of ether oxygens (including phenoxy) is 2. The Bertz CT molecular complexity index is 911. The third-order valence-electron chi connectivity index (χ3n) is 3.52. The van der Waals surface area contributed by atoms with Gasteiger partial charge in [0, 0.05) is 11.6 Å². The highest BCUT2D eigenvalue weighted by Crippen LogP contribution is 2.28. The Morgan fingerprint density at radius 2 is 1.92 bits per heavy atom. The van der Waals surface area contributed by atoms with Gasteiger partial charge >= 0.3 is 0 Å². The number of aromatic nitrogens is 4. The van der Waals surface area contributed by atoms with Crippen LogP contribution in [0.2, 0.25) is 0 Å². The minimum atomic E-state index is -0.353. The molecule has 1 N–H and O–H groups in total. The van der Waals surface area contributed by atoms with E-state index in [1.807, 2.05) is 0 Å². The van der Waals surface area contributed by atoms with Gasteiger partial charge in [0.2, 0.25) is 11.7 Å². The highest BCUT2D eigenvalue weighted by molar-refractivity contribution is 5.92. The van der Waals surface area contributed by atoms with Gasteiger partial charge < -0.3 is 14.8 Å². The van der Waals surface area contributed by atoms with E-state index in [4.69, 9.17) is 9.47 Å². The van der Waals surface area contributed by atoms with Crippen LogP contribution in [0.1, 0.15) is 0 Å². The minimum absolute atomic E-state index is 0.136. The van der Waals surface area contributed by atoms with Gasteiger partial charge in [0.15, 0.2) is 0 Å². The molecule has 1 aromatic heterocycles. The van der Waals surface area contributed by atoms with E-state index in [0.717, 1.165) is 4.80 Å². The number of halogens is 1. The number of hydrogen-bond donors (Lipinski definition) is 1. The van der Waals surface area contributed by atoms with Crippen LogP contribution in [0, 0.1) is 5.82 Å². The normalized spacial score (nSPS) is 10.4. The number of amides is 1.